The number of aryl methyl sites for hydroxylation is 3. The number of rotatable bonds is 11. The topological polar surface area (TPSA) is 70.8 Å². The van der Waals surface area contributed by atoms with Gasteiger partial charge in [-0.25, -0.2) is 4.98 Å². The van der Waals surface area contributed by atoms with E-state index < -0.39 is 0 Å². The Labute approximate surface area is 227 Å². The van der Waals surface area contributed by atoms with Crippen molar-refractivity contribution in [2.75, 3.05) is 13.2 Å². The molecule has 0 spiro atoms. The van der Waals surface area contributed by atoms with Crippen molar-refractivity contribution in [3.05, 3.63) is 70.0 Å². The molecule has 6 nitrogen and oxygen atoms in total. The molecule has 4 rings (SSSR count). The smallest absolute Gasteiger partial charge is 0.311 e. The summed E-state index contributed by atoms with van der Waals surface area (Å²) in [4.78, 5) is 17.4. The maximum absolute atomic E-state index is 12.7. The van der Waals surface area contributed by atoms with Gasteiger partial charge in [0.2, 0.25) is 5.89 Å². The molecule has 0 bridgehead atoms. The standard InChI is InChI=1S/C32H43NO5/c1-6-35-32(34)27(17-25-14-13-22(3)23(4)16-25)19-36-28-11-8-12-29(18-28)37-20-30-24(5)38-31(33-30)26-10-7-9-21(2)15-26/h10,13-16,27-29H,6-9,11-12,17-20H2,1-5H3. The van der Waals surface area contributed by atoms with Crippen molar-refractivity contribution in [3.8, 4) is 0 Å². The van der Waals surface area contributed by atoms with Gasteiger partial charge in [-0.3, -0.25) is 4.79 Å². The number of carbonyl (C=O) groups excluding carboxylic acids is 1. The Balaban J connectivity index is 1.30. The first-order valence-electron chi connectivity index (χ1n) is 14.1. The number of hydrogen-bond donors (Lipinski definition) is 0. The summed E-state index contributed by atoms with van der Waals surface area (Å²) < 4.78 is 23.9. The highest BCUT2D eigenvalue weighted by atomic mass is 16.5. The third kappa shape index (κ3) is 7.67. The summed E-state index contributed by atoms with van der Waals surface area (Å²) in [6.07, 6.45) is 11.1. The van der Waals surface area contributed by atoms with Gasteiger partial charge in [0.1, 0.15) is 11.5 Å². The third-order valence-corrected chi connectivity index (χ3v) is 7.68. The molecule has 2 aliphatic rings. The van der Waals surface area contributed by atoms with Crippen LogP contribution >= 0.6 is 0 Å². The molecule has 0 saturated heterocycles. The van der Waals surface area contributed by atoms with Crippen LogP contribution in [0.4, 0.5) is 0 Å². The Morgan fingerprint density at radius 2 is 1.89 bits per heavy atom. The van der Waals surface area contributed by atoms with Crippen molar-refractivity contribution < 1.29 is 23.4 Å². The van der Waals surface area contributed by atoms with Gasteiger partial charge in [-0.05, 0) is 96.3 Å². The molecule has 3 unspecified atom stereocenters. The van der Waals surface area contributed by atoms with E-state index in [1.807, 2.05) is 13.8 Å². The van der Waals surface area contributed by atoms with Crippen LogP contribution in [0.5, 0.6) is 0 Å². The molecule has 1 saturated carbocycles. The van der Waals surface area contributed by atoms with E-state index in [9.17, 15) is 4.79 Å². The van der Waals surface area contributed by atoms with E-state index in [4.69, 9.17) is 23.6 Å². The third-order valence-electron chi connectivity index (χ3n) is 7.68. The number of carbonyl (C=O) groups is 1. The lowest BCUT2D eigenvalue weighted by Crippen LogP contribution is -2.32. The Hall–Kier alpha value is -2.70. The van der Waals surface area contributed by atoms with Gasteiger partial charge in [-0.2, -0.15) is 0 Å². The summed E-state index contributed by atoms with van der Waals surface area (Å²) in [5, 5.41) is 0. The van der Waals surface area contributed by atoms with Crippen LogP contribution in [0.15, 0.2) is 40.3 Å². The monoisotopic (exact) mass is 521 g/mol. The highest BCUT2D eigenvalue weighted by molar-refractivity contribution is 5.73. The van der Waals surface area contributed by atoms with Crippen LogP contribution in [-0.4, -0.2) is 36.4 Å². The molecule has 0 aliphatic heterocycles. The zero-order valence-corrected chi connectivity index (χ0v) is 23.7. The number of nitrogens with zero attached hydrogens (tertiary/aromatic N) is 1. The number of allylic oxidation sites excluding steroid dienone is 4. The van der Waals surface area contributed by atoms with E-state index in [1.54, 1.807) is 0 Å². The molecule has 1 aromatic heterocycles. The Morgan fingerprint density at radius 3 is 2.63 bits per heavy atom. The molecule has 1 aromatic carbocycles. The highest BCUT2D eigenvalue weighted by Crippen LogP contribution is 2.28. The van der Waals surface area contributed by atoms with Crippen molar-refractivity contribution in [1.82, 2.24) is 4.98 Å². The van der Waals surface area contributed by atoms with E-state index in [0.29, 0.717) is 32.1 Å². The molecular formula is C32H43NO5. The summed E-state index contributed by atoms with van der Waals surface area (Å²) in [5.74, 6) is 0.981. The van der Waals surface area contributed by atoms with Gasteiger partial charge in [0.25, 0.3) is 0 Å². The van der Waals surface area contributed by atoms with E-state index >= 15 is 0 Å². The van der Waals surface area contributed by atoms with Gasteiger partial charge in [0.15, 0.2) is 0 Å². The zero-order valence-electron chi connectivity index (χ0n) is 23.7. The average molecular weight is 522 g/mol. The molecule has 0 radical (unpaired) electrons. The summed E-state index contributed by atoms with van der Waals surface area (Å²) in [6, 6.07) is 6.37. The average Bonchev–Trinajstić information content (AvgIpc) is 3.28. The largest absolute Gasteiger partial charge is 0.466 e. The Kier molecular flexibility index (Phi) is 9.97. The molecule has 1 fully saturated rings. The second-order valence-corrected chi connectivity index (χ2v) is 10.8. The second kappa shape index (κ2) is 13.4. The zero-order chi connectivity index (χ0) is 27.1. The lowest BCUT2D eigenvalue weighted by molar-refractivity contribution is -0.151. The number of benzene rings is 1. The minimum Gasteiger partial charge on any atom is -0.466 e. The molecular weight excluding hydrogens is 478 g/mol. The summed E-state index contributed by atoms with van der Waals surface area (Å²) >= 11 is 0. The van der Waals surface area contributed by atoms with E-state index in [1.165, 1.54) is 16.7 Å². The molecule has 6 heteroatoms. The van der Waals surface area contributed by atoms with Crippen LogP contribution in [-0.2, 0) is 32.0 Å². The molecule has 206 valence electrons. The maximum atomic E-state index is 12.7. The molecule has 38 heavy (non-hydrogen) atoms. The first-order valence-corrected chi connectivity index (χ1v) is 14.1. The fraction of sp³-hybridized carbons (Fsp3) is 0.562. The number of aromatic nitrogens is 1. The van der Waals surface area contributed by atoms with Gasteiger partial charge in [-0.15, -0.1) is 0 Å². The van der Waals surface area contributed by atoms with Gasteiger partial charge in [0.05, 0.1) is 37.9 Å². The van der Waals surface area contributed by atoms with Crippen molar-refractivity contribution >= 4 is 11.5 Å². The van der Waals surface area contributed by atoms with Crippen molar-refractivity contribution in [3.63, 3.8) is 0 Å². The van der Waals surface area contributed by atoms with Gasteiger partial charge in [0, 0.05) is 5.57 Å². The van der Waals surface area contributed by atoms with Gasteiger partial charge < -0.3 is 18.6 Å². The van der Waals surface area contributed by atoms with Crippen molar-refractivity contribution in [2.24, 2.45) is 5.92 Å². The quantitative estimate of drug-likeness (QED) is 0.297. The van der Waals surface area contributed by atoms with Gasteiger partial charge >= 0.3 is 5.97 Å². The van der Waals surface area contributed by atoms with Crippen LogP contribution in [0, 0.1) is 26.7 Å². The summed E-state index contributed by atoms with van der Waals surface area (Å²) in [7, 11) is 0. The lowest BCUT2D eigenvalue weighted by Gasteiger charge is -2.30. The van der Waals surface area contributed by atoms with Gasteiger partial charge in [-0.1, -0.05) is 35.9 Å². The van der Waals surface area contributed by atoms with Crippen LogP contribution in [0.1, 0.15) is 86.4 Å². The predicted molar refractivity (Wildman–Crippen MR) is 149 cm³/mol. The van der Waals surface area contributed by atoms with Crippen molar-refractivity contribution in [2.45, 2.75) is 98.4 Å². The minimum atomic E-state index is -0.318. The Bertz CT molecular complexity index is 1160. The first kappa shape index (κ1) is 28.3. The molecule has 2 aromatic rings. The molecule has 2 aliphatic carbocycles. The number of hydrogen-bond acceptors (Lipinski definition) is 6. The minimum absolute atomic E-state index is 0.0694. The van der Waals surface area contributed by atoms with Crippen LogP contribution in [0.3, 0.4) is 0 Å². The number of esters is 1. The molecule has 0 N–H and O–H groups in total. The number of ether oxygens (including phenoxy) is 3. The fourth-order valence-electron chi connectivity index (χ4n) is 5.23. The van der Waals surface area contributed by atoms with Crippen molar-refractivity contribution in [1.29, 1.82) is 0 Å². The van der Waals surface area contributed by atoms with Crippen LogP contribution in [0.25, 0.3) is 5.57 Å². The fourth-order valence-corrected chi connectivity index (χ4v) is 5.23. The normalized spacial score (nSPS) is 20.6. The predicted octanol–water partition coefficient (Wildman–Crippen LogP) is 6.99. The molecule has 0 amide bonds. The second-order valence-electron chi connectivity index (χ2n) is 10.8. The SMILES string of the molecule is CCOC(=O)C(COC1CCCC(OCc2nc(C3=CCCC(C)=C3)oc2C)C1)Cc1ccc(C)c(C)c1. The van der Waals surface area contributed by atoms with Crippen LogP contribution < -0.4 is 0 Å². The number of oxazole rings is 1. The first-order chi connectivity index (χ1) is 18.3. The summed E-state index contributed by atoms with van der Waals surface area (Å²) in [5.41, 5.74) is 6.89. The Morgan fingerprint density at radius 1 is 1.11 bits per heavy atom. The van der Waals surface area contributed by atoms with Crippen LogP contribution in [0.2, 0.25) is 0 Å². The molecule has 3 atom stereocenters. The maximum Gasteiger partial charge on any atom is 0.311 e. The van der Waals surface area contributed by atoms with E-state index in [-0.39, 0.29) is 24.1 Å². The lowest BCUT2D eigenvalue weighted by atomic mass is 9.94. The highest BCUT2D eigenvalue weighted by Gasteiger charge is 2.27. The van der Waals surface area contributed by atoms with E-state index in [2.05, 4.69) is 51.1 Å². The van der Waals surface area contributed by atoms with E-state index in [0.717, 1.165) is 61.1 Å². The molecule has 1 heterocycles. The summed E-state index contributed by atoms with van der Waals surface area (Å²) in [6.45, 7) is 11.3.